The van der Waals surface area contributed by atoms with Crippen molar-refractivity contribution in [1.29, 1.82) is 0 Å². The Morgan fingerprint density at radius 1 is 1.08 bits per heavy atom. The average Bonchev–Trinajstić information content (AvgIpc) is 2.92. The molecule has 0 aliphatic carbocycles. The number of nitro groups is 1. The summed E-state index contributed by atoms with van der Waals surface area (Å²) in [4.78, 5) is 43.4. The van der Waals surface area contributed by atoms with Gasteiger partial charge in [-0.15, -0.1) is 0 Å². The van der Waals surface area contributed by atoms with Crippen LogP contribution in [0, 0.1) is 10.1 Å². The lowest BCUT2D eigenvalue weighted by molar-refractivity contribution is -0.384. The highest BCUT2D eigenvalue weighted by atomic mass is 16.6. The minimum Gasteiger partial charge on any atom is -0.494 e. The summed E-state index contributed by atoms with van der Waals surface area (Å²) in [5, 5.41) is 15.8. The van der Waals surface area contributed by atoms with Gasteiger partial charge in [0.2, 0.25) is 0 Å². The fraction of sp³-hybridized carbons (Fsp3) is 0.269. The molecule has 0 atom stereocenters. The van der Waals surface area contributed by atoms with Gasteiger partial charge in [0, 0.05) is 24.9 Å². The third-order valence-corrected chi connectivity index (χ3v) is 4.24. The summed E-state index contributed by atoms with van der Waals surface area (Å²) < 4.78 is 15.1. The summed E-state index contributed by atoms with van der Waals surface area (Å²) in [7, 11) is 3.20. The Labute approximate surface area is 216 Å². The van der Waals surface area contributed by atoms with E-state index in [1.807, 2.05) is 13.8 Å². The minimum atomic E-state index is -0.544. The van der Waals surface area contributed by atoms with Gasteiger partial charge in [0.1, 0.15) is 24.7 Å². The number of nitrogens with one attached hydrogen (secondary N) is 2. The second-order valence-electron chi connectivity index (χ2n) is 6.63. The Morgan fingerprint density at radius 2 is 1.70 bits per heavy atom. The number of hydrogen-bond acceptors (Lipinski definition) is 9. The van der Waals surface area contributed by atoms with Crippen molar-refractivity contribution in [2.24, 2.45) is 0 Å². The third-order valence-electron chi connectivity index (χ3n) is 4.24. The number of nitrogens with zero attached hydrogens (tertiary/aromatic N) is 1. The Morgan fingerprint density at radius 3 is 2.19 bits per heavy atom. The first kappa shape index (κ1) is 32.3. The van der Waals surface area contributed by atoms with Crippen LogP contribution < -0.4 is 20.1 Å². The van der Waals surface area contributed by atoms with Crippen LogP contribution >= 0.6 is 0 Å². The number of carbonyl (C=O) groups is 3. The zero-order valence-corrected chi connectivity index (χ0v) is 21.7. The molecule has 0 aromatic heterocycles. The number of amides is 1. The molecule has 2 aromatic carbocycles. The molecule has 0 aliphatic rings. The van der Waals surface area contributed by atoms with E-state index >= 15 is 0 Å². The molecule has 0 fully saturated rings. The van der Waals surface area contributed by atoms with E-state index in [0.29, 0.717) is 17.2 Å². The predicted molar refractivity (Wildman–Crippen MR) is 142 cm³/mol. The number of ether oxygens (including phenoxy) is 3. The quantitative estimate of drug-likeness (QED) is 0.0837. The number of nitro benzene ring substituents is 1. The van der Waals surface area contributed by atoms with Gasteiger partial charge < -0.3 is 24.8 Å². The molecule has 2 rings (SSSR count). The number of esters is 1. The third kappa shape index (κ3) is 12.0. The lowest BCUT2D eigenvalue weighted by atomic mass is 10.2. The van der Waals surface area contributed by atoms with Gasteiger partial charge in [-0.05, 0) is 37.3 Å². The molecule has 200 valence electrons. The molecular weight excluding hydrogens is 482 g/mol. The van der Waals surface area contributed by atoms with E-state index in [2.05, 4.69) is 23.8 Å². The molecule has 2 N–H and O–H groups in total. The van der Waals surface area contributed by atoms with Gasteiger partial charge in [0.05, 0.1) is 29.4 Å². The van der Waals surface area contributed by atoms with Crippen LogP contribution in [0.15, 0.2) is 67.3 Å². The van der Waals surface area contributed by atoms with Gasteiger partial charge in [0.15, 0.2) is 5.78 Å². The minimum absolute atomic E-state index is 0.0239. The van der Waals surface area contributed by atoms with Crippen LogP contribution in [0.4, 0.5) is 17.1 Å². The van der Waals surface area contributed by atoms with Crippen LogP contribution in [0.25, 0.3) is 0 Å². The number of non-ortho nitro benzene ring substituents is 1. The fourth-order valence-corrected chi connectivity index (χ4v) is 2.36. The van der Waals surface area contributed by atoms with Gasteiger partial charge in [0.25, 0.3) is 11.6 Å². The van der Waals surface area contributed by atoms with Crippen molar-refractivity contribution in [2.75, 3.05) is 38.0 Å². The number of methoxy groups -OCH3 is 1. The molecule has 0 unspecified atom stereocenters. The van der Waals surface area contributed by atoms with Crippen molar-refractivity contribution < 1.29 is 33.5 Å². The smallest absolute Gasteiger partial charge is 0.330 e. The van der Waals surface area contributed by atoms with E-state index in [1.165, 1.54) is 26.2 Å². The number of benzene rings is 2. The number of hydrogen-bond donors (Lipinski definition) is 2. The first-order valence-corrected chi connectivity index (χ1v) is 11.2. The van der Waals surface area contributed by atoms with Gasteiger partial charge >= 0.3 is 5.97 Å². The van der Waals surface area contributed by atoms with E-state index in [4.69, 9.17) is 14.2 Å². The van der Waals surface area contributed by atoms with Crippen molar-refractivity contribution in [3.63, 3.8) is 0 Å². The van der Waals surface area contributed by atoms with Crippen LogP contribution in [-0.2, 0) is 19.1 Å². The Hall–Kier alpha value is -4.67. The van der Waals surface area contributed by atoms with Crippen molar-refractivity contribution in [3.05, 3.63) is 77.4 Å². The van der Waals surface area contributed by atoms with Gasteiger partial charge in [-0.1, -0.05) is 27.0 Å². The van der Waals surface area contributed by atoms with E-state index < -0.39 is 16.8 Å². The van der Waals surface area contributed by atoms with Crippen molar-refractivity contribution in [1.82, 2.24) is 0 Å². The highest BCUT2D eigenvalue weighted by Crippen LogP contribution is 2.28. The Bertz CT molecular complexity index is 1080. The molecule has 0 heterocycles. The van der Waals surface area contributed by atoms with Crippen molar-refractivity contribution in [3.8, 4) is 11.5 Å². The molecule has 0 radical (unpaired) electrons. The molecule has 37 heavy (non-hydrogen) atoms. The number of anilines is 2. The standard InChI is InChI=1S/C16H17NO5.C8H10N2O3.C2H6/c1-4-15(19)22-10-9-21-14-7-5-13(6-8-14)17-16(20)11(2)12(3)18;1-9-7-4-3-6(10(11)12)5-8(7)13-2;1-2/h4-8H,1-2,9-10H2,3H3,(H,17,20);3-5,9H,1-2H3;1-2H3. The maximum atomic E-state index is 11.6. The van der Waals surface area contributed by atoms with E-state index in [0.717, 1.165) is 11.8 Å². The summed E-state index contributed by atoms with van der Waals surface area (Å²) in [5.74, 6) is -0.411. The topological polar surface area (TPSA) is 146 Å². The van der Waals surface area contributed by atoms with Crippen LogP contribution in [0.5, 0.6) is 11.5 Å². The number of Topliss-reactive ketones (excluding diaryl/α,β-unsaturated/α-hetero) is 1. The highest BCUT2D eigenvalue weighted by Gasteiger charge is 2.11. The van der Waals surface area contributed by atoms with E-state index in [1.54, 1.807) is 37.4 Å². The Kier molecular flexibility index (Phi) is 15.5. The average molecular weight is 516 g/mol. The summed E-state index contributed by atoms with van der Waals surface area (Å²) in [6.07, 6.45) is 1.08. The van der Waals surface area contributed by atoms with Crippen LogP contribution in [0.2, 0.25) is 0 Å². The molecule has 11 heteroatoms. The number of carbonyl (C=O) groups excluding carboxylic acids is 3. The molecule has 0 spiro atoms. The summed E-state index contributed by atoms with van der Waals surface area (Å²) >= 11 is 0. The maximum Gasteiger partial charge on any atom is 0.330 e. The molecule has 0 saturated heterocycles. The predicted octanol–water partition coefficient (Wildman–Crippen LogP) is 4.55. The van der Waals surface area contributed by atoms with Gasteiger partial charge in [-0.2, -0.15) is 0 Å². The van der Waals surface area contributed by atoms with Crippen molar-refractivity contribution in [2.45, 2.75) is 20.8 Å². The highest BCUT2D eigenvalue weighted by molar-refractivity contribution is 6.22. The molecule has 0 bridgehead atoms. The van der Waals surface area contributed by atoms with Crippen molar-refractivity contribution >= 4 is 34.7 Å². The lowest BCUT2D eigenvalue weighted by Gasteiger charge is -2.08. The normalized spacial score (nSPS) is 9.11. The maximum absolute atomic E-state index is 11.6. The zero-order valence-electron chi connectivity index (χ0n) is 21.7. The molecule has 0 saturated carbocycles. The second kappa shape index (κ2) is 17.7. The fourth-order valence-electron chi connectivity index (χ4n) is 2.36. The number of ketones is 1. The molecule has 0 aliphatic heterocycles. The Balaban J connectivity index is 0.000000733. The summed E-state index contributed by atoms with van der Waals surface area (Å²) in [5.41, 5.74) is 1.16. The van der Waals surface area contributed by atoms with Gasteiger partial charge in [-0.25, -0.2) is 4.79 Å². The lowest BCUT2D eigenvalue weighted by Crippen LogP contribution is -2.17. The largest absolute Gasteiger partial charge is 0.494 e. The zero-order chi connectivity index (χ0) is 28.4. The summed E-state index contributed by atoms with van der Waals surface area (Å²) in [6, 6.07) is 10.9. The second-order valence-corrected chi connectivity index (χ2v) is 6.63. The SMILES string of the molecule is C=CC(=O)OCCOc1ccc(NC(=O)C(=C)C(C)=O)cc1.CC.CNc1ccc([N+](=O)[O-])cc1OC. The first-order valence-electron chi connectivity index (χ1n) is 11.2. The molecule has 2 aromatic rings. The number of rotatable bonds is 11. The van der Waals surface area contributed by atoms with Crippen LogP contribution in [-0.4, -0.2) is 50.0 Å². The van der Waals surface area contributed by atoms with E-state index in [-0.39, 0.29) is 30.3 Å². The van der Waals surface area contributed by atoms with Gasteiger partial charge in [-0.3, -0.25) is 19.7 Å². The molecular formula is C26H33N3O8. The van der Waals surface area contributed by atoms with E-state index in [9.17, 15) is 24.5 Å². The van der Waals surface area contributed by atoms with Crippen LogP contribution in [0.1, 0.15) is 20.8 Å². The molecule has 11 nitrogen and oxygen atoms in total. The monoisotopic (exact) mass is 515 g/mol. The summed E-state index contributed by atoms with van der Waals surface area (Å²) in [6.45, 7) is 12.3. The first-order chi connectivity index (χ1) is 17.6. The van der Waals surface area contributed by atoms with Crippen LogP contribution in [0.3, 0.4) is 0 Å². The molecule has 1 amide bonds.